The lowest BCUT2D eigenvalue weighted by molar-refractivity contribution is -0.734. The number of nitrogens with zero attached hydrogens (tertiary/aromatic N) is 1. The van der Waals surface area contributed by atoms with Crippen LogP contribution in [0.15, 0.2) is 18.2 Å². The Balaban J connectivity index is 1.81. The molecule has 0 saturated carbocycles. The summed E-state index contributed by atoms with van der Waals surface area (Å²) in [7, 11) is 0. The molecule has 3 aliphatic rings. The number of amides is 4. The standard InChI is InChI=1S/C20H23ClN4O4/c1-2-3-8-25-17(27)15-13(6-7-14(22)26)24-20(16(15)18(25)28)11-9-10(21)4-5-12(11)23-19(20)29/h4-5,9,13,15-16,24H,2-3,6-8H2,1H3,(H2,22,26)(H,23,29)/p+1/t13-,15-,16+,20+/m1/s1. The van der Waals surface area contributed by atoms with E-state index in [9.17, 15) is 19.2 Å². The van der Waals surface area contributed by atoms with Crippen LogP contribution in [0.5, 0.6) is 0 Å². The molecule has 3 aliphatic heterocycles. The Morgan fingerprint density at radius 1 is 1.31 bits per heavy atom. The highest BCUT2D eigenvalue weighted by Gasteiger charge is 2.73. The van der Waals surface area contributed by atoms with Gasteiger partial charge in [-0.2, -0.15) is 0 Å². The van der Waals surface area contributed by atoms with Crippen LogP contribution in [0.4, 0.5) is 5.69 Å². The molecular weight excluding hydrogens is 396 g/mol. The van der Waals surface area contributed by atoms with Crippen molar-refractivity contribution in [2.24, 2.45) is 17.6 Å². The zero-order chi connectivity index (χ0) is 20.9. The van der Waals surface area contributed by atoms with Gasteiger partial charge in [0.15, 0.2) is 0 Å². The van der Waals surface area contributed by atoms with Gasteiger partial charge >= 0.3 is 0 Å². The normalized spacial score (nSPS) is 30.1. The number of unbranched alkanes of at least 4 members (excludes halogenated alkanes) is 1. The van der Waals surface area contributed by atoms with E-state index in [1.54, 1.807) is 23.5 Å². The van der Waals surface area contributed by atoms with E-state index in [0.29, 0.717) is 35.7 Å². The molecule has 2 saturated heterocycles. The Bertz CT molecular complexity index is 920. The van der Waals surface area contributed by atoms with E-state index in [4.69, 9.17) is 17.3 Å². The van der Waals surface area contributed by atoms with E-state index in [2.05, 4.69) is 5.32 Å². The summed E-state index contributed by atoms with van der Waals surface area (Å²) in [5.74, 6) is -2.90. The van der Waals surface area contributed by atoms with Gasteiger partial charge in [0.25, 0.3) is 5.91 Å². The molecule has 1 aromatic rings. The second-order valence-corrected chi connectivity index (χ2v) is 8.47. The van der Waals surface area contributed by atoms with Crippen LogP contribution in [-0.4, -0.2) is 41.1 Å². The molecule has 0 unspecified atom stereocenters. The minimum Gasteiger partial charge on any atom is -0.370 e. The summed E-state index contributed by atoms with van der Waals surface area (Å²) < 4.78 is 0. The minimum atomic E-state index is -1.26. The molecule has 2 fully saturated rings. The SMILES string of the molecule is CCCCN1C(=O)[C@H]2[C@@H](C1=O)[C@]1([NH2+][C@@H]2CCC(N)=O)C(=O)Nc2ccc(Cl)cc21. The first-order chi connectivity index (χ1) is 13.8. The van der Waals surface area contributed by atoms with Crippen molar-refractivity contribution in [3.8, 4) is 0 Å². The molecule has 0 aromatic heterocycles. The number of likely N-dealkylation sites (tertiary alicyclic amines) is 1. The fourth-order valence-electron chi connectivity index (χ4n) is 5.10. The fraction of sp³-hybridized carbons (Fsp3) is 0.500. The van der Waals surface area contributed by atoms with Gasteiger partial charge in [-0.05, 0) is 24.6 Å². The van der Waals surface area contributed by atoms with Crippen LogP contribution >= 0.6 is 11.6 Å². The molecule has 29 heavy (non-hydrogen) atoms. The van der Waals surface area contributed by atoms with Crippen molar-refractivity contribution >= 4 is 40.9 Å². The number of imide groups is 1. The van der Waals surface area contributed by atoms with Crippen LogP contribution in [0, 0.1) is 11.8 Å². The Hall–Kier alpha value is -2.45. The molecule has 0 aliphatic carbocycles. The molecule has 4 amide bonds. The van der Waals surface area contributed by atoms with Crippen molar-refractivity contribution in [1.82, 2.24) is 4.90 Å². The third kappa shape index (κ3) is 2.85. The number of quaternary nitrogens is 1. The fourth-order valence-corrected chi connectivity index (χ4v) is 5.28. The molecule has 4 atom stereocenters. The van der Waals surface area contributed by atoms with Gasteiger partial charge in [0.05, 0.1) is 5.69 Å². The average molecular weight is 420 g/mol. The maximum atomic E-state index is 13.4. The lowest BCUT2D eigenvalue weighted by atomic mass is 9.76. The lowest BCUT2D eigenvalue weighted by Crippen LogP contribution is -2.99. The van der Waals surface area contributed by atoms with Crippen LogP contribution in [0.1, 0.15) is 38.2 Å². The highest BCUT2D eigenvalue weighted by atomic mass is 35.5. The molecule has 1 aromatic carbocycles. The van der Waals surface area contributed by atoms with E-state index in [1.165, 1.54) is 4.90 Å². The van der Waals surface area contributed by atoms with Crippen molar-refractivity contribution in [1.29, 1.82) is 0 Å². The number of nitrogens with one attached hydrogen (secondary N) is 1. The van der Waals surface area contributed by atoms with Crippen LogP contribution in [0.25, 0.3) is 0 Å². The minimum absolute atomic E-state index is 0.0842. The van der Waals surface area contributed by atoms with Crippen molar-refractivity contribution in [3.05, 3.63) is 28.8 Å². The Labute approximate surface area is 173 Å². The molecule has 3 heterocycles. The van der Waals surface area contributed by atoms with Gasteiger partial charge in [0.1, 0.15) is 17.9 Å². The maximum Gasteiger partial charge on any atom is 0.291 e. The number of carbonyl (C=O) groups excluding carboxylic acids is 4. The number of nitrogens with two attached hydrogens (primary N) is 2. The molecule has 1 spiro atoms. The molecule has 5 N–H and O–H groups in total. The monoisotopic (exact) mass is 419 g/mol. The van der Waals surface area contributed by atoms with Gasteiger partial charge < -0.3 is 16.4 Å². The van der Waals surface area contributed by atoms with Gasteiger partial charge in [-0.15, -0.1) is 0 Å². The smallest absolute Gasteiger partial charge is 0.291 e. The number of anilines is 1. The van der Waals surface area contributed by atoms with Crippen molar-refractivity contribution < 1.29 is 24.5 Å². The van der Waals surface area contributed by atoms with E-state index >= 15 is 0 Å². The van der Waals surface area contributed by atoms with Crippen LogP contribution in [0.2, 0.25) is 5.02 Å². The summed E-state index contributed by atoms with van der Waals surface area (Å²) in [5, 5.41) is 5.08. The molecule has 0 radical (unpaired) electrons. The first-order valence-corrected chi connectivity index (χ1v) is 10.3. The molecule has 8 nitrogen and oxygen atoms in total. The highest BCUT2D eigenvalue weighted by Crippen LogP contribution is 2.50. The van der Waals surface area contributed by atoms with E-state index in [-0.39, 0.29) is 24.1 Å². The summed E-state index contributed by atoms with van der Waals surface area (Å²) in [6.45, 7) is 2.32. The number of hydrogen-bond donors (Lipinski definition) is 3. The number of benzene rings is 1. The van der Waals surface area contributed by atoms with Crippen LogP contribution < -0.4 is 16.4 Å². The van der Waals surface area contributed by atoms with Crippen LogP contribution in [-0.2, 0) is 24.7 Å². The number of hydrogen-bond acceptors (Lipinski definition) is 4. The summed E-state index contributed by atoms with van der Waals surface area (Å²) in [6.07, 6.45) is 1.95. The van der Waals surface area contributed by atoms with E-state index in [1.807, 2.05) is 6.92 Å². The van der Waals surface area contributed by atoms with Gasteiger partial charge in [-0.3, -0.25) is 24.1 Å². The van der Waals surface area contributed by atoms with Gasteiger partial charge in [0.2, 0.25) is 23.3 Å². The van der Waals surface area contributed by atoms with Crippen molar-refractivity contribution in [3.63, 3.8) is 0 Å². The summed E-state index contributed by atoms with van der Waals surface area (Å²) in [5.41, 5.74) is 5.27. The lowest BCUT2D eigenvalue weighted by Gasteiger charge is -2.26. The first kappa shape index (κ1) is 19.8. The molecule has 4 rings (SSSR count). The number of carbonyl (C=O) groups is 4. The maximum absolute atomic E-state index is 13.4. The van der Waals surface area contributed by atoms with E-state index in [0.717, 1.165) is 6.42 Å². The second kappa shape index (κ2) is 7.11. The van der Waals surface area contributed by atoms with Crippen molar-refractivity contribution in [2.75, 3.05) is 11.9 Å². The third-order valence-corrected chi connectivity index (χ3v) is 6.62. The van der Waals surface area contributed by atoms with Gasteiger partial charge in [0, 0.05) is 30.0 Å². The van der Waals surface area contributed by atoms with Gasteiger partial charge in [-0.25, -0.2) is 0 Å². The zero-order valence-electron chi connectivity index (χ0n) is 16.1. The quantitative estimate of drug-likeness (QED) is 0.565. The summed E-state index contributed by atoms with van der Waals surface area (Å²) in [4.78, 5) is 52.4. The third-order valence-electron chi connectivity index (χ3n) is 6.38. The topological polar surface area (TPSA) is 126 Å². The number of fused-ring (bicyclic) bond motifs is 4. The van der Waals surface area contributed by atoms with Crippen molar-refractivity contribution in [2.45, 2.75) is 44.2 Å². The van der Waals surface area contributed by atoms with Crippen LogP contribution in [0.3, 0.4) is 0 Å². The summed E-state index contributed by atoms with van der Waals surface area (Å²) in [6, 6.07) is 4.67. The number of halogens is 1. The van der Waals surface area contributed by atoms with E-state index < -0.39 is 29.3 Å². The Morgan fingerprint density at radius 2 is 2.07 bits per heavy atom. The zero-order valence-corrected chi connectivity index (χ0v) is 16.9. The number of primary amides is 1. The Kier molecular flexibility index (Phi) is 4.86. The average Bonchev–Trinajstić information content (AvgIpc) is 3.24. The molecular formula is C20H24ClN4O4+. The molecule has 9 heteroatoms. The summed E-state index contributed by atoms with van der Waals surface area (Å²) >= 11 is 6.20. The Morgan fingerprint density at radius 3 is 2.76 bits per heavy atom. The predicted molar refractivity (Wildman–Crippen MR) is 105 cm³/mol. The molecule has 0 bridgehead atoms. The van der Waals surface area contributed by atoms with Gasteiger partial charge in [-0.1, -0.05) is 24.9 Å². The number of rotatable bonds is 6. The highest BCUT2D eigenvalue weighted by molar-refractivity contribution is 6.31. The first-order valence-electron chi connectivity index (χ1n) is 9.92. The predicted octanol–water partition coefficient (Wildman–Crippen LogP) is 0.0998. The second-order valence-electron chi connectivity index (χ2n) is 8.03. The largest absolute Gasteiger partial charge is 0.370 e. The molecule has 154 valence electrons.